The molecule has 6 rings (SSSR count). The fourth-order valence-corrected chi connectivity index (χ4v) is 6.23. The lowest BCUT2D eigenvalue weighted by atomic mass is 10.0. The summed E-state index contributed by atoms with van der Waals surface area (Å²) < 4.78 is 14.9. The maximum absolute atomic E-state index is 13.1. The normalized spacial score (nSPS) is 26.5. The number of piperidine rings is 2. The van der Waals surface area contributed by atoms with Crippen molar-refractivity contribution >= 4 is 23.4 Å². The van der Waals surface area contributed by atoms with Crippen LogP contribution in [0, 0.1) is 0 Å². The van der Waals surface area contributed by atoms with Gasteiger partial charge in [0.05, 0.1) is 1.37 Å². The number of hydrogen-bond acceptors (Lipinski definition) is 7. The van der Waals surface area contributed by atoms with Crippen molar-refractivity contribution in [3.05, 3.63) is 59.2 Å². The van der Waals surface area contributed by atoms with Crippen LogP contribution in [0.15, 0.2) is 42.5 Å². The number of imide groups is 1. The van der Waals surface area contributed by atoms with Gasteiger partial charge in [0.25, 0.3) is 5.91 Å². The molecule has 40 heavy (non-hydrogen) atoms. The molecule has 3 saturated heterocycles. The van der Waals surface area contributed by atoms with Crippen molar-refractivity contribution in [2.75, 3.05) is 51.3 Å². The molecule has 2 atom stereocenters. The van der Waals surface area contributed by atoms with Gasteiger partial charge in [-0.25, -0.2) is 0 Å². The maximum Gasteiger partial charge on any atom is 0.255 e. The van der Waals surface area contributed by atoms with Crippen LogP contribution >= 0.6 is 0 Å². The minimum Gasteiger partial charge on any atom is -0.492 e. The quantitative estimate of drug-likeness (QED) is 0.535. The molecule has 2 aromatic carbocycles. The molecule has 1 unspecified atom stereocenters. The van der Waals surface area contributed by atoms with Crippen LogP contribution in [0.1, 0.15) is 55.0 Å². The molecule has 0 saturated carbocycles. The number of piperazine rings is 1. The van der Waals surface area contributed by atoms with Crippen molar-refractivity contribution in [3.8, 4) is 5.75 Å². The lowest BCUT2D eigenvalue weighted by molar-refractivity contribution is -0.136. The Morgan fingerprint density at radius 3 is 2.55 bits per heavy atom. The third kappa shape index (κ3) is 5.71. The van der Waals surface area contributed by atoms with Crippen molar-refractivity contribution in [2.45, 2.75) is 57.3 Å². The zero-order valence-electron chi connectivity index (χ0n) is 24.2. The molecule has 0 aliphatic carbocycles. The standard InChI is InChI=1S/C31H39N5O4/c1-33-14-16-34(17-15-33)24-7-5-22(6-8-24)19-35-13-3-2-4-25(35)21-40-26-9-10-27-23(18-26)20-36(31(27)39)28-11-12-29(37)32-30(28)38/h5-10,18,25,28H,2-4,11-17,19-21H2,1H3,(H,32,37,38)/t25-,28?/m1/s1/i28D. The van der Waals surface area contributed by atoms with Gasteiger partial charge in [-0.2, -0.15) is 0 Å². The van der Waals surface area contributed by atoms with Crippen LogP contribution in [-0.4, -0.2) is 90.9 Å². The number of amides is 3. The Balaban J connectivity index is 1.07. The second-order valence-electron chi connectivity index (χ2n) is 11.4. The molecule has 1 N–H and O–H groups in total. The zero-order valence-corrected chi connectivity index (χ0v) is 23.2. The van der Waals surface area contributed by atoms with E-state index in [0.717, 1.165) is 51.3 Å². The summed E-state index contributed by atoms with van der Waals surface area (Å²) in [6.45, 7) is 6.96. The largest absolute Gasteiger partial charge is 0.492 e. The van der Waals surface area contributed by atoms with Gasteiger partial charge in [0.15, 0.2) is 0 Å². The summed E-state index contributed by atoms with van der Waals surface area (Å²) in [4.78, 5) is 45.7. The summed E-state index contributed by atoms with van der Waals surface area (Å²) in [6, 6.07) is 12.9. The molecular formula is C31H39N5O4. The number of benzene rings is 2. The molecule has 9 nitrogen and oxygen atoms in total. The first-order valence-corrected chi connectivity index (χ1v) is 14.5. The van der Waals surface area contributed by atoms with E-state index in [-0.39, 0.29) is 25.3 Å². The fraction of sp³-hybridized carbons (Fsp3) is 0.516. The zero-order chi connectivity index (χ0) is 28.6. The monoisotopic (exact) mass is 546 g/mol. The first-order valence-electron chi connectivity index (χ1n) is 15.0. The van der Waals surface area contributed by atoms with Crippen LogP contribution in [0.5, 0.6) is 5.75 Å². The van der Waals surface area contributed by atoms with Crippen LogP contribution in [0.3, 0.4) is 0 Å². The van der Waals surface area contributed by atoms with Crippen LogP contribution in [0.25, 0.3) is 0 Å². The molecule has 212 valence electrons. The van der Waals surface area contributed by atoms with Crippen molar-refractivity contribution in [2.24, 2.45) is 0 Å². The van der Waals surface area contributed by atoms with E-state index < -0.39 is 17.8 Å². The molecule has 2 aromatic rings. The van der Waals surface area contributed by atoms with E-state index in [2.05, 4.69) is 51.3 Å². The van der Waals surface area contributed by atoms with E-state index >= 15 is 0 Å². The van der Waals surface area contributed by atoms with E-state index in [1.807, 2.05) is 6.07 Å². The topological polar surface area (TPSA) is 85.4 Å². The molecule has 9 heteroatoms. The van der Waals surface area contributed by atoms with Crippen LogP contribution in [0.4, 0.5) is 5.69 Å². The highest BCUT2D eigenvalue weighted by atomic mass is 16.5. The van der Waals surface area contributed by atoms with E-state index in [0.29, 0.717) is 24.0 Å². The van der Waals surface area contributed by atoms with Gasteiger partial charge in [0.1, 0.15) is 18.4 Å². The minimum absolute atomic E-state index is 0.00313. The highest BCUT2D eigenvalue weighted by Crippen LogP contribution is 2.31. The van der Waals surface area contributed by atoms with E-state index in [4.69, 9.17) is 6.11 Å². The average Bonchev–Trinajstić information content (AvgIpc) is 3.32. The van der Waals surface area contributed by atoms with Gasteiger partial charge in [-0.05, 0) is 74.3 Å². The van der Waals surface area contributed by atoms with E-state index in [1.54, 1.807) is 12.1 Å². The molecule has 3 fully saturated rings. The number of nitrogens with zero attached hydrogens (tertiary/aromatic N) is 4. The summed E-state index contributed by atoms with van der Waals surface area (Å²) >= 11 is 0. The third-order valence-electron chi connectivity index (χ3n) is 8.69. The highest BCUT2D eigenvalue weighted by molar-refractivity contribution is 6.05. The smallest absolute Gasteiger partial charge is 0.255 e. The van der Waals surface area contributed by atoms with Gasteiger partial charge in [-0.3, -0.25) is 24.6 Å². The molecule has 4 heterocycles. The predicted octanol–water partition coefficient (Wildman–Crippen LogP) is 2.63. The second kappa shape index (κ2) is 11.6. The Morgan fingerprint density at radius 2 is 1.77 bits per heavy atom. The highest BCUT2D eigenvalue weighted by Gasteiger charge is 2.39. The van der Waals surface area contributed by atoms with Crippen LogP contribution < -0.4 is 15.0 Å². The number of nitrogens with one attached hydrogen (secondary N) is 1. The molecule has 4 aliphatic heterocycles. The number of hydrogen-bond donors (Lipinski definition) is 1. The second-order valence-corrected chi connectivity index (χ2v) is 11.4. The number of carbonyl (C=O) groups is 3. The molecule has 3 amide bonds. The number of ether oxygens (including phenoxy) is 1. The Morgan fingerprint density at radius 1 is 0.975 bits per heavy atom. The molecule has 0 spiro atoms. The number of carbonyl (C=O) groups excluding carboxylic acids is 3. The van der Waals surface area contributed by atoms with Crippen molar-refractivity contribution in [3.63, 3.8) is 0 Å². The number of likely N-dealkylation sites (N-methyl/N-ethyl adjacent to an activating group) is 1. The number of rotatable bonds is 7. The third-order valence-corrected chi connectivity index (χ3v) is 8.69. The number of anilines is 1. The molecular weight excluding hydrogens is 506 g/mol. The van der Waals surface area contributed by atoms with Gasteiger partial charge < -0.3 is 19.4 Å². The van der Waals surface area contributed by atoms with E-state index in [9.17, 15) is 14.4 Å². The van der Waals surface area contributed by atoms with Gasteiger partial charge >= 0.3 is 0 Å². The Labute approximate surface area is 237 Å². The van der Waals surface area contributed by atoms with Gasteiger partial charge in [0.2, 0.25) is 11.8 Å². The summed E-state index contributed by atoms with van der Waals surface area (Å²) in [7, 11) is 2.18. The number of fused-ring (bicyclic) bond motifs is 1. The van der Waals surface area contributed by atoms with Gasteiger partial charge in [-0.15, -0.1) is 0 Å². The maximum atomic E-state index is 13.1. The first kappa shape index (κ1) is 25.5. The Bertz CT molecular complexity index is 1310. The summed E-state index contributed by atoms with van der Waals surface area (Å²) in [6.07, 6.45) is 3.47. The first-order chi connectivity index (χ1) is 19.8. The van der Waals surface area contributed by atoms with Crippen LogP contribution in [0.2, 0.25) is 0 Å². The van der Waals surface area contributed by atoms with Crippen molar-refractivity contribution in [1.82, 2.24) is 20.0 Å². The van der Waals surface area contributed by atoms with Gasteiger partial charge in [-0.1, -0.05) is 18.6 Å². The summed E-state index contributed by atoms with van der Waals surface area (Å²) in [5.41, 5.74) is 3.82. The Hall–Kier alpha value is -3.43. The average molecular weight is 547 g/mol. The van der Waals surface area contributed by atoms with Gasteiger partial charge in [0, 0.05) is 63.0 Å². The van der Waals surface area contributed by atoms with Crippen LogP contribution in [-0.2, 0) is 22.7 Å². The predicted molar refractivity (Wildman–Crippen MR) is 152 cm³/mol. The molecule has 4 aliphatic rings. The molecule has 0 aromatic heterocycles. The lowest BCUT2D eigenvalue weighted by Crippen LogP contribution is -2.52. The summed E-state index contributed by atoms with van der Waals surface area (Å²) in [5, 5.41) is 2.21. The fourth-order valence-electron chi connectivity index (χ4n) is 6.23. The van der Waals surface area contributed by atoms with E-state index in [1.165, 1.54) is 29.0 Å². The Kier molecular flexibility index (Phi) is 7.40. The minimum atomic E-state index is -1.78. The number of likely N-dealkylation sites (tertiary alicyclic amines) is 1. The summed E-state index contributed by atoms with van der Waals surface area (Å²) in [5.74, 6) is -0.819. The molecule has 0 radical (unpaired) electrons. The van der Waals surface area contributed by atoms with Crippen molar-refractivity contribution < 1.29 is 20.5 Å². The molecule has 0 bridgehead atoms. The lowest BCUT2D eigenvalue weighted by Gasteiger charge is -2.36. The SMILES string of the molecule is [2H]C1(N2Cc3cc(OC[C@H]4CCCCN4Cc4ccc(N5CCN(C)CC5)cc4)ccc3C2=O)CCC(=O)NC1=O. The van der Waals surface area contributed by atoms with Crippen molar-refractivity contribution in [1.29, 1.82) is 0 Å².